The molecule has 0 N–H and O–H groups in total. The Hall–Kier alpha value is -3.62. The number of nitrogens with zero attached hydrogens (tertiary/aromatic N) is 3. The molecular weight excluding hydrogens is 594 g/mol. The van der Waals surface area contributed by atoms with E-state index in [1.807, 2.05) is 0 Å². The zero-order valence-electron chi connectivity index (χ0n) is 28.1. The predicted molar refractivity (Wildman–Crippen MR) is 187 cm³/mol. The molecule has 0 bridgehead atoms. The smallest absolute Gasteiger partial charge is 0.261 e. The topological polar surface area (TPSA) is 116 Å². The Morgan fingerprint density at radius 2 is 0.894 bits per heavy atom. The molecule has 0 saturated heterocycles. The molecule has 5 rings (SSSR count). The Balaban J connectivity index is 0.947. The third-order valence-electron chi connectivity index (χ3n) is 10.8. The molecule has 2 unspecified atom stereocenters. The molecule has 3 aromatic rings. The maximum Gasteiger partial charge on any atom is 0.261 e. The van der Waals surface area contributed by atoms with Gasteiger partial charge >= 0.3 is 0 Å². The van der Waals surface area contributed by atoms with E-state index < -0.39 is 11.1 Å². The number of hydrogen-bond donors (Lipinski definition) is 0. The average molecular weight is 646 g/mol. The molecule has 1 aliphatic heterocycles. The lowest BCUT2D eigenvalue weighted by Gasteiger charge is -2.32. The number of aromatic nitrogens is 2. The van der Waals surface area contributed by atoms with Crippen LogP contribution in [0.4, 0.5) is 0 Å². The van der Waals surface area contributed by atoms with Crippen LogP contribution >= 0.6 is 0 Å². The Labute approximate surface area is 276 Å². The molecule has 0 spiro atoms. The monoisotopic (exact) mass is 645 g/mol. The summed E-state index contributed by atoms with van der Waals surface area (Å²) < 4.78 is 2.41. The highest BCUT2D eigenvalue weighted by atomic mass is 16.2. The first-order valence-electron chi connectivity index (χ1n) is 18.3. The highest BCUT2D eigenvalue weighted by Gasteiger charge is 2.25. The fraction of sp³-hybridized carbons (Fsp3) is 0.632. The molecule has 1 fully saturated rings. The van der Waals surface area contributed by atoms with Gasteiger partial charge in [0.25, 0.3) is 34.1 Å². The van der Waals surface area contributed by atoms with E-state index in [-0.39, 0.29) is 51.0 Å². The number of benzene rings is 1. The summed E-state index contributed by atoms with van der Waals surface area (Å²) in [6.45, 7) is 2.88. The van der Waals surface area contributed by atoms with Crippen LogP contribution in [0.25, 0.3) is 21.5 Å². The van der Waals surface area contributed by atoms with Crippen molar-refractivity contribution in [2.45, 2.75) is 136 Å². The van der Waals surface area contributed by atoms with Gasteiger partial charge < -0.3 is 0 Å². The summed E-state index contributed by atoms with van der Waals surface area (Å²) >= 11 is 0. The molecule has 9 nitrogen and oxygen atoms in total. The molecule has 2 amide bonds. The van der Waals surface area contributed by atoms with Crippen LogP contribution in [0.2, 0.25) is 0 Å². The molecule has 1 aliphatic carbocycles. The molecule has 1 aromatic carbocycles. The van der Waals surface area contributed by atoms with Crippen molar-refractivity contribution in [3.63, 3.8) is 0 Å². The molecule has 254 valence electrons. The van der Waals surface area contributed by atoms with Crippen molar-refractivity contribution in [1.29, 1.82) is 0 Å². The summed E-state index contributed by atoms with van der Waals surface area (Å²) in [5.41, 5.74) is -1.54. The second kappa shape index (κ2) is 16.5. The summed E-state index contributed by atoms with van der Waals surface area (Å²) in [5, 5.41) is 0.893. The number of carbonyl (C=O) groups is 2. The fourth-order valence-corrected chi connectivity index (χ4v) is 8.03. The van der Waals surface area contributed by atoms with Gasteiger partial charge in [0, 0.05) is 31.8 Å². The van der Waals surface area contributed by atoms with Crippen LogP contribution in [-0.2, 0) is 22.7 Å². The number of imide groups is 1. The molecule has 2 atom stereocenters. The van der Waals surface area contributed by atoms with E-state index in [1.54, 1.807) is 6.92 Å². The van der Waals surface area contributed by atoms with Gasteiger partial charge in [0.2, 0.25) is 0 Å². The van der Waals surface area contributed by atoms with E-state index in [0.29, 0.717) is 13.1 Å². The minimum atomic E-state index is -0.403. The zero-order valence-corrected chi connectivity index (χ0v) is 28.1. The van der Waals surface area contributed by atoms with Gasteiger partial charge in [0.15, 0.2) is 0 Å². The van der Waals surface area contributed by atoms with Crippen molar-refractivity contribution in [3.05, 3.63) is 65.7 Å². The average Bonchev–Trinajstić information content (AvgIpc) is 3.61. The molecular formula is C38H51N3O6. The summed E-state index contributed by atoms with van der Waals surface area (Å²) in [6, 6.07) is 2.87. The first kappa shape index (κ1) is 34.7. The van der Waals surface area contributed by atoms with E-state index in [4.69, 9.17) is 0 Å². The number of rotatable bonds is 19. The molecule has 2 aliphatic rings. The van der Waals surface area contributed by atoms with Crippen LogP contribution in [-0.4, -0.2) is 32.4 Å². The lowest BCUT2D eigenvalue weighted by atomic mass is 9.74. The van der Waals surface area contributed by atoms with E-state index in [2.05, 4.69) is 0 Å². The Morgan fingerprint density at radius 1 is 0.511 bits per heavy atom. The van der Waals surface area contributed by atoms with Gasteiger partial charge in [-0.25, -0.2) is 0 Å². The van der Waals surface area contributed by atoms with Crippen molar-refractivity contribution in [1.82, 2.24) is 14.0 Å². The number of amides is 2. The molecule has 1 saturated carbocycles. The van der Waals surface area contributed by atoms with Gasteiger partial charge in [0.1, 0.15) is 0 Å². The first-order valence-corrected chi connectivity index (χ1v) is 18.3. The fourth-order valence-electron chi connectivity index (χ4n) is 8.03. The number of carbonyl (C=O) groups excluding carboxylic acids is 2. The lowest BCUT2D eigenvalue weighted by Crippen LogP contribution is -2.30. The number of unbranched alkanes of at least 4 members (excludes halogenated alkanes) is 10. The largest absolute Gasteiger partial charge is 0.275 e. The van der Waals surface area contributed by atoms with Gasteiger partial charge in [0.05, 0.1) is 21.5 Å². The van der Waals surface area contributed by atoms with E-state index in [0.717, 1.165) is 48.5 Å². The zero-order chi connectivity index (χ0) is 33.3. The summed E-state index contributed by atoms with van der Waals surface area (Å²) in [4.78, 5) is 75.7. The lowest BCUT2D eigenvalue weighted by molar-refractivity contribution is -0.136. The van der Waals surface area contributed by atoms with Crippen molar-refractivity contribution < 1.29 is 9.59 Å². The normalized spacial score (nSPS) is 18.4. The van der Waals surface area contributed by atoms with Crippen LogP contribution in [0.5, 0.6) is 0 Å². The second-order valence-corrected chi connectivity index (χ2v) is 13.8. The van der Waals surface area contributed by atoms with Gasteiger partial charge in [-0.3, -0.25) is 42.8 Å². The third kappa shape index (κ3) is 8.10. The number of hydrogen-bond acceptors (Lipinski definition) is 6. The summed E-state index contributed by atoms with van der Waals surface area (Å²) in [5.74, 6) is 1.37. The van der Waals surface area contributed by atoms with Crippen molar-refractivity contribution >= 4 is 33.4 Å². The van der Waals surface area contributed by atoms with Crippen LogP contribution in [0.1, 0.15) is 122 Å². The second-order valence-electron chi connectivity index (χ2n) is 13.8. The van der Waals surface area contributed by atoms with Gasteiger partial charge in [-0.05, 0) is 43.7 Å². The quantitative estimate of drug-likeness (QED) is 0.115. The van der Waals surface area contributed by atoms with Crippen molar-refractivity contribution in [3.8, 4) is 0 Å². The minimum absolute atomic E-state index is 0.177. The highest BCUT2D eigenvalue weighted by Crippen LogP contribution is 2.37. The molecule has 0 radical (unpaired) electrons. The van der Waals surface area contributed by atoms with Crippen LogP contribution in [0.3, 0.4) is 0 Å². The number of fused-ring (bicyclic) bond motifs is 2. The van der Waals surface area contributed by atoms with Gasteiger partial charge in [-0.15, -0.1) is 0 Å². The molecule has 3 heterocycles. The standard InChI is InChI=1S/C38H51N3O6/c1-2-39-35(44)29-25-31-32(26-30(29)36(39)45)38(47)41(37(31)46)24-16-10-6-4-8-12-18-28-20-14-13-19-27(28)17-11-7-3-5-9-15-23-40-33(42)21-22-34(40)43/h21-22,25-28H,2-20,23-24H2,1H3. The summed E-state index contributed by atoms with van der Waals surface area (Å²) in [6.07, 6.45) is 24.3. The van der Waals surface area contributed by atoms with Crippen LogP contribution in [0.15, 0.2) is 43.5 Å². The Morgan fingerprint density at radius 3 is 1.34 bits per heavy atom. The first-order chi connectivity index (χ1) is 22.8. The van der Waals surface area contributed by atoms with Crippen LogP contribution < -0.4 is 22.2 Å². The maximum atomic E-state index is 13.0. The Bertz CT molecular complexity index is 1690. The molecule has 47 heavy (non-hydrogen) atoms. The van der Waals surface area contributed by atoms with Crippen molar-refractivity contribution in [2.75, 3.05) is 6.54 Å². The predicted octanol–water partition coefficient (Wildman–Crippen LogP) is 6.13. The van der Waals surface area contributed by atoms with Crippen molar-refractivity contribution in [2.24, 2.45) is 11.8 Å². The molecule has 2 aromatic heterocycles. The summed E-state index contributed by atoms with van der Waals surface area (Å²) in [7, 11) is 0. The van der Waals surface area contributed by atoms with Gasteiger partial charge in [-0.1, -0.05) is 103 Å². The van der Waals surface area contributed by atoms with Gasteiger partial charge in [-0.2, -0.15) is 0 Å². The van der Waals surface area contributed by atoms with E-state index in [1.165, 1.54) is 117 Å². The van der Waals surface area contributed by atoms with E-state index in [9.17, 15) is 28.8 Å². The SMILES string of the molecule is CCn1c(=O)c2cc3c(=O)n(CCCCCCCCC4CCCCC4CCCCCCCCN4C(=O)C=CC4=O)c(=O)c3cc2c1=O. The minimum Gasteiger partial charge on any atom is -0.275 e. The van der Waals surface area contributed by atoms with Crippen LogP contribution in [0, 0.1) is 11.8 Å². The highest BCUT2D eigenvalue weighted by molar-refractivity contribution is 6.12. The maximum absolute atomic E-state index is 13.0. The Kier molecular flexibility index (Phi) is 12.2. The third-order valence-corrected chi connectivity index (χ3v) is 10.8. The van der Waals surface area contributed by atoms with E-state index >= 15 is 0 Å². The molecule has 9 heteroatoms.